The molecule has 0 saturated heterocycles. The normalized spacial score (nSPS) is 11.0. The van der Waals surface area contributed by atoms with Gasteiger partial charge in [0.15, 0.2) is 5.65 Å². The molecule has 0 unspecified atom stereocenters. The Kier molecular flexibility index (Phi) is 5.21. The van der Waals surface area contributed by atoms with Gasteiger partial charge in [0.1, 0.15) is 0 Å². The Labute approximate surface area is 157 Å². The molecule has 2 amide bonds. The van der Waals surface area contributed by atoms with E-state index in [4.69, 9.17) is 0 Å². The molecule has 7 heteroatoms. The van der Waals surface area contributed by atoms with E-state index in [1.807, 2.05) is 51.1 Å². The largest absolute Gasteiger partial charge is 0.352 e. The lowest BCUT2D eigenvalue weighted by molar-refractivity contribution is -0.120. The summed E-state index contributed by atoms with van der Waals surface area (Å²) in [5, 5.41) is 10.5. The third-order valence-corrected chi connectivity index (χ3v) is 4.14. The highest BCUT2D eigenvalue weighted by Gasteiger charge is 2.19. The first-order valence-electron chi connectivity index (χ1n) is 8.84. The molecule has 7 nitrogen and oxygen atoms in total. The number of nitrogens with one attached hydrogen (secondary N) is 2. The molecule has 0 atom stereocenters. The van der Waals surface area contributed by atoms with Crippen LogP contribution in [-0.2, 0) is 11.8 Å². The van der Waals surface area contributed by atoms with E-state index in [1.165, 1.54) is 0 Å². The molecule has 1 aromatic carbocycles. The maximum absolute atomic E-state index is 12.8. The average Bonchev–Trinajstić information content (AvgIpc) is 2.93. The molecule has 27 heavy (non-hydrogen) atoms. The van der Waals surface area contributed by atoms with Gasteiger partial charge in [0, 0.05) is 18.7 Å². The van der Waals surface area contributed by atoms with Gasteiger partial charge in [0.25, 0.3) is 5.91 Å². The van der Waals surface area contributed by atoms with Crippen LogP contribution in [0.4, 0.5) is 0 Å². The van der Waals surface area contributed by atoms with Crippen LogP contribution in [0.15, 0.2) is 36.4 Å². The minimum Gasteiger partial charge on any atom is -0.352 e. The van der Waals surface area contributed by atoms with E-state index in [1.54, 1.807) is 17.8 Å². The summed E-state index contributed by atoms with van der Waals surface area (Å²) in [6.07, 6.45) is 0. The molecule has 0 aliphatic heterocycles. The number of hydrogen-bond donors (Lipinski definition) is 2. The number of amides is 2. The fourth-order valence-electron chi connectivity index (χ4n) is 3.01. The van der Waals surface area contributed by atoms with E-state index in [2.05, 4.69) is 20.7 Å². The van der Waals surface area contributed by atoms with Crippen molar-refractivity contribution >= 4 is 22.8 Å². The number of pyridine rings is 1. The maximum Gasteiger partial charge on any atom is 0.252 e. The van der Waals surface area contributed by atoms with Gasteiger partial charge in [-0.05, 0) is 26.8 Å². The van der Waals surface area contributed by atoms with Gasteiger partial charge in [0.2, 0.25) is 5.91 Å². The number of nitrogens with zero attached hydrogens (tertiary/aromatic N) is 3. The van der Waals surface area contributed by atoms with E-state index < -0.39 is 0 Å². The summed E-state index contributed by atoms with van der Waals surface area (Å²) in [5.74, 6) is -0.551. The number of fused-ring (bicyclic) bond motifs is 1. The van der Waals surface area contributed by atoms with E-state index in [9.17, 15) is 9.59 Å². The molecule has 0 aliphatic carbocycles. The maximum atomic E-state index is 12.8. The van der Waals surface area contributed by atoms with Crippen molar-refractivity contribution in [3.05, 3.63) is 47.7 Å². The van der Waals surface area contributed by atoms with Crippen LogP contribution in [0.25, 0.3) is 22.3 Å². The molecule has 0 radical (unpaired) electrons. The van der Waals surface area contributed by atoms with Gasteiger partial charge >= 0.3 is 0 Å². The van der Waals surface area contributed by atoms with Crippen molar-refractivity contribution < 1.29 is 9.59 Å². The van der Waals surface area contributed by atoms with Crippen molar-refractivity contribution in [2.45, 2.75) is 26.8 Å². The Bertz CT molecular complexity index is 993. The first kappa shape index (κ1) is 18.6. The molecule has 3 rings (SSSR count). The van der Waals surface area contributed by atoms with Crippen LogP contribution in [0.5, 0.6) is 0 Å². The Morgan fingerprint density at radius 2 is 1.89 bits per heavy atom. The molecule has 140 valence electrons. The molecule has 0 aliphatic rings. The van der Waals surface area contributed by atoms with Crippen LogP contribution in [-0.4, -0.2) is 39.2 Å². The number of aromatic nitrogens is 3. The van der Waals surface area contributed by atoms with Gasteiger partial charge < -0.3 is 10.6 Å². The van der Waals surface area contributed by atoms with Crippen molar-refractivity contribution in [3.63, 3.8) is 0 Å². The minimum absolute atomic E-state index is 0.0206. The van der Waals surface area contributed by atoms with Gasteiger partial charge in [-0.3, -0.25) is 14.3 Å². The average molecular weight is 365 g/mol. The third-order valence-electron chi connectivity index (χ3n) is 4.14. The highest BCUT2D eigenvalue weighted by atomic mass is 16.2. The molecule has 0 fully saturated rings. The van der Waals surface area contributed by atoms with Crippen molar-refractivity contribution in [1.82, 2.24) is 25.4 Å². The van der Waals surface area contributed by atoms with Crippen LogP contribution < -0.4 is 10.6 Å². The summed E-state index contributed by atoms with van der Waals surface area (Å²) in [6, 6.07) is 11.4. The second kappa shape index (κ2) is 7.57. The summed E-state index contributed by atoms with van der Waals surface area (Å²) in [6.45, 7) is 5.50. The van der Waals surface area contributed by atoms with Crippen molar-refractivity contribution in [1.29, 1.82) is 0 Å². The van der Waals surface area contributed by atoms with E-state index in [-0.39, 0.29) is 24.4 Å². The van der Waals surface area contributed by atoms with Crippen molar-refractivity contribution in [2.75, 3.05) is 6.54 Å². The zero-order chi connectivity index (χ0) is 19.6. The summed E-state index contributed by atoms with van der Waals surface area (Å²) < 4.78 is 1.67. The van der Waals surface area contributed by atoms with Crippen LogP contribution >= 0.6 is 0 Å². The summed E-state index contributed by atoms with van der Waals surface area (Å²) >= 11 is 0. The standard InChI is InChI=1S/C20H23N5O2/c1-12(2)22-17(26)11-21-20(27)15-10-16(14-8-6-5-7-9-14)23-19-18(15)13(3)24-25(19)4/h5-10,12H,11H2,1-4H3,(H,21,27)(H,22,26). The Morgan fingerprint density at radius 1 is 1.19 bits per heavy atom. The van der Waals surface area contributed by atoms with Crippen molar-refractivity contribution in [2.24, 2.45) is 7.05 Å². The predicted molar refractivity (Wildman–Crippen MR) is 104 cm³/mol. The summed E-state index contributed by atoms with van der Waals surface area (Å²) in [4.78, 5) is 29.4. The molecule has 0 bridgehead atoms. The number of aryl methyl sites for hydroxylation is 2. The fraction of sp³-hybridized carbons (Fsp3) is 0.300. The molecule has 0 spiro atoms. The van der Waals surface area contributed by atoms with Gasteiger partial charge in [-0.1, -0.05) is 30.3 Å². The number of carbonyl (C=O) groups is 2. The Balaban J connectivity index is 2.00. The lowest BCUT2D eigenvalue weighted by Gasteiger charge is -2.11. The topological polar surface area (TPSA) is 88.9 Å². The molecular weight excluding hydrogens is 342 g/mol. The lowest BCUT2D eigenvalue weighted by atomic mass is 10.0. The zero-order valence-electron chi connectivity index (χ0n) is 15.9. The Morgan fingerprint density at radius 3 is 2.56 bits per heavy atom. The van der Waals surface area contributed by atoms with Gasteiger partial charge in [-0.25, -0.2) is 4.98 Å². The predicted octanol–water partition coefficient (Wildman–Crippen LogP) is 2.20. The van der Waals surface area contributed by atoms with Crippen LogP contribution in [0.1, 0.15) is 29.9 Å². The zero-order valence-corrected chi connectivity index (χ0v) is 15.9. The smallest absolute Gasteiger partial charge is 0.252 e. The lowest BCUT2D eigenvalue weighted by Crippen LogP contribution is -2.39. The summed E-state index contributed by atoms with van der Waals surface area (Å²) in [7, 11) is 1.80. The van der Waals surface area contributed by atoms with Crippen LogP contribution in [0.3, 0.4) is 0 Å². The van der Waals surface area contributed by atoms with E-state index in [0.29, 0.717) is 22.3 Å². The van der Waals surface area contributed by atoms with Crippen molar-refractivity contribution in [3.8, 4) is 11.3 Å². The fourth-order valence-corrected chi connectivity index (χ4v) is 3.01. The van der Waals surface area contributed by atoms with Gasteiger partial charge in [-0.15, -0.1) is 0 Å². The van der Waals surface area contributed by atoms with E-state index >= 15 is 0 Å². The number of carbonyl (C=O) groups excluding carboxylic acids is 2. The first-order valence-corrected chi connectivity index (χ1v) is 8.84. The highest BCUT2D eigenvalue weighted by Crippen LogP contribution is 2.26. The third kappa shape index (κ3) is 3.97. The summed E-state index contributed by atoms with van der Waals surface area (Å²) in [5.41, 5.74) is 3.40. The highest BCUT2D eigenvalue weighted by molar-refractivity contribution is 6.08. The first-order chi connectivity index (χ1) is 12.9. The van der Waals surface area contributed by atoms with Gasteiger partial charge in [-0.2, -0.15) is 5.10 Å². The molecule has 2 heterocycles. The molecule has 2 aromatic heterocycles. The monoisotopic (exact) mass is 365 g/mol. The second-order valence-corrected chi connectivity index (χ2v) is 6.73. The molecular formula is C20H23N5O2. The quantitative estimate of drug-likeness (QED) is 0.725. The Hall–Kier alpha value is -3.22. The van der Waals surface area contributed by atoms with Crippen LogP contribution in [0, 0.1) is 6.92 Å². The number of benzene rings is 1. The van der Waals surface area contributed by atoms with Gasteiger partial charge in [0.05, 0.1) is 28.9 Å². The molecule has 3 aromatic rings. The SMILES string of the molecule is Cc1nn(C)c2nc(-c3ccccc3)cc(C(=O)NCC(=O)NC(C)C)c12. The molecule has 0 saturated carbocycles. The minimum atomic E-state index is -0.324. The number of hydrogen-bond acceptors (Lipinski definition) is 4. The van der Waals surface area contributed by atoms with E-state index in [0.717, 1.165) is 11.3 Å². The second-order valence-electron chi connectivity index (χ2n) is 6.73. The number of rotatable bonds is 5. The van der Waals surface area contributed by atoms with Crippen LogP contribution in [0.2, 0.25) is 0 Å². The molecule has 2 N–H and O–H groups in total.